The smallest absolute Gasteiger partial charge is 0.141 e. The summed E-state index contributed by atoms with van der Waals surface area (Å²) in [7, 11) is 2.10. The number of imidazole rings is 1. The fourth-order valence-electron chi connectivity index (χ4n) is 5.15. The van der Waals surface area contributed by atoms with Gasteiger partial charge in [0.2, 0.25) is 0 Å². The highest BCUT2D eigenvalue weighted by Crippen LogP contribution is 2.45. The second-order valence-electron chi connectivity index (χ2n) is 9.66. The summed E-state index contributed by atoms with van der Waals surface area (Å²) in [6, 6.07) is 8.08. The quantitative estimate of drug-likeness (QED) is 0.222. The molecular weight excluding hydrogens is 484 g/mol. The molecule has 4 aromatic rings. The van der Waals surface area contributed by atoms with Crippen LogP contribution in [-0.2, 0) is 0 Å². The number of allylic oxidation sites excluding steroid dienone is 4. The number of nitrogens with one attached hydrogen (secondary N) is 3. The predicted octanol–water partition coefficient (Wildman–Crippen LogP) is 5.07. The maximum atomic E-state index is 5.09. The molecule has 3 N–H and O–H groups in total. The van der Waals surface area contributed by atoms with Crippen LogP contribution in [0.4, 0.5) is 5.69 Å². The van der Waals surface area contributed by atoms with Crippen molar-refractivity contribution in [2.75, 3.05) is 25.0 Å². The lowest BCUT2D eigenvalue weighted by Gasteiger charge is -2.25. The van der Waals surface area contributed by atoms with Crippen LogP contribution < -0.4 is 15.5 Å². The molecule has 8 nitrogen and oxygen atoms in total. The van der Waals surface area contributed by atoms with Gasteiger partial charge in [-0.1, -0.05) is 25.2 Å². The van der Waals surface area contributed by atoms with Crippen molar-refractivity contribution in [2.24, 2.45) is 0 Å². The van der Waals surface area contributed by atoms with Crippen LogP contribution in [0.15, 0.2) is 84.6 Å². The second kappa shape index (κ2) is 10.3. The molecule has 8 heteroatoms. The molecule has 0 aromatic carbocycles. The Morgan fingerprint density at radius 1 is 1.15 bits per heavy atom. The summed E-state index contributed by atoms with van der Waals surface area (Å²) in [6.07, 6.45) is 16.1. The number of pyridine rings is 3. The summed E-state index contributed by atoms with van der Waals surface area (Å²) in [4.78, 5) is 24.7. The third-order valence-electron chi connectivity index (χ3n) is 7.15. The molecule has 1 saturated heterocycles. The van der Waals surface area contributed by atoms with Crippen molar-refractivity contribution in [3.05, 3.63) is 102 Å². The number of fused-ring (bicyclic) bond motifs is 3. The topological polar surface area (TPSA) is 105 Å². The van der Waals surface area contributed by atoms with E-state index in [-0.39, 0.29) is 6.17 Å². The lowest BCUT2D eigenvalue weighted by atomic mass is 9.97. The van der Waals surface area contributed by atoms with Gasteiger partial charge in [0.25, 0.3) is 0 Å². The van der Waals surface area contributed by atoms with Gasteiger partial charge in [0.1, 0.15) is 17.5 Å². The predicted molar refractivity (Wildman–Crippen MR) is 158 cm³/mol. The molecule has 4 aromatic heterocycles. The molecule has 6 rings (SSSR count). The SMILES string of the molecule is C/C=C/C(=C\C(=C/C)c1cc2c(cn1)N(C)C1NC1=C2c1nc2c(-c3cccnc3)nccc2[nH]1)CNCC. The molecule has 0 saturated carbocycles. The lowest BCUT2D eigenvalue weighted by Crippen LogP contribution is -2.26. The Hall–Kier alpha value is -4.56. The molecule has 0 bridgehead atoms. The average Bonchev–Trinajstić information content (AvgIpc) is 3.65. The monoisotopic (exact) mass is 516 g/mol. The van der Waals surface area contributed by atoms with Crippen LogP contribution in [0.5, 0.6) is 0 Å². The van der Waals surface area contributed by atoms with Crippen molar-refractivity contribution in [2.45, 2.75) is 26.9 Å². The van der Waals surface area contributed by atoms with Crippen LogP contribution in [-0.4, -0.2) is 51.2 Å². The molecule has 196 valence electrons. The molecule has 0 amide bonds. The van der Waals surface area contributed by atoms with Crippen LogP contribution in [0.2, 0.25) is 0 Å². The van der Waals surface area contributed by atoms with Gasteiger partial charge in [-0.15, -0.1) is 0 Å². The first kappa shape index (κ1) is 24.8. The molecule has 0 spiro atoms. The average molecular weight is 517 g/mol. The lowest BCUT2D eigenvalue weighted by molar-refractivity contribution is 0.785. The fourth-order valence-corrected chi connectivity index (χ4v) is 5.15. The van der Waals surface area contributed by atoms with E-state index in [1.165, 1.54) is 5.57 Å². The minimum Gasteiger partial charge on any atom is -0.360 e. The summed E-state index contributed by atoms with van der Waals surface area (Å²) in [6.45, 7) is 7.95. The first-order valence-corrected chi connectivity index (χ1v) is 13.3. The first-order chi connectivity index (χ1) is 19.1. The van der Waals surface area contributed by atoms with Gasteiger partial charge in [0, 0.05) is 48.9 Å². The molecule has 0 aliphatic carbocycles. The highest BCUT2D eigenvalue weighted by Gasteiger charge is 2.43. The maximum Gasteiger partial charge on any atom is 0.141 e. The zero-order valence-corrected chi connectivity index (χ0v) is 22.7. The van der Waals surface area contributed by atoms with Gasteiger partial charge in [-0.05, 0) is 61.9 Å². The molecule has 2 aliphatic heterocycles. The number of aromatic nitrogens is 5. The van der Waals surface area contributed by atoms with E-state index in [0.717, 1.165) is 75.0 Å². The van der Waals surface area contributed by atoms with Crippen LogP contribution in [0.25, 0.3) is 33.4 Å². The zero-order chi connectivity index (χ0) is 26.9. The van der Waals surface area contributed by atoms with E-state index in [4.69, 9.17) is 9.97 Å². The molecule has 0 radical (unpaired) electrons. The van der Waals surface area contributed by atoms with Gasteiger partial charge >= 0.3 is 0 Å². The number of H-pyrrole nitrogens is 1. The van der Waals surface area contributed by atoms with Crippen LogP contribution >= 0.6 is 0 Å². The van der Waals surface area contributed by atoms with E-state index in [9.17, 15) is 0 Å². The summed E-state index contributed by atoms with van der Waals surface area (Å²) >= 11 is 0. The van der Waals surface area contributed by atoms with E-state index < -0.39 is 0 Å². The standard InChI is InChI=1S/C31H32N8/c1-5-9-19(16-32-7-3)14-20(6-2)24-15-22-25(18-35-24)39(4)31-29(38-31)26(22)30-36-23-11-13-34-27(28(23)37-30)21-10-8-12-33-17-21/h5-6,8-15,17-18,31-32,38H,7,16H2,1-4H3,(H,36,37)/b9-5+,19-14+,20-6+. The normalized spacial score (nSPS) is 17.0. The largest absolute Gasteiger partial charge is 0.360 e. The molecule has 1 fully saturated rings. The van der Waals surface area contributed by atoms with Crippen LogP contribution in [0.3, 0.4) is 0 Å². The highest BCUT2D eigenvalue weighted by atomic mass is 15.4. The number of nitrogens with zero attached hydrogens (tertiary/aromatic N) is 5. The van der Waals surface area contributed by atoms with Gasteiger partial charge < -0.3 is 20.5 Å². The van der Waals surface area contributed by atoms with E-state index in [2.05, 4.69) is 81.8 Å². The molecular formula is C31H32N8. The summed E-state index contributed by atoms with van der Waals surface area (Å²) in [5.74, 6) is 0.818. The molecule has 39 heavy (non-hydrogen) atoms. The molecule has 2 aliphatic rings. The van der Waals surface area contributed by atoms with E-state index >= 15 is 0 Å². The maximum absolute atomic E-state index is 5.09. The van der Waals surface area contributed by atoms with Gasteiger partial charge in [-0.25, -0.2) is 4.98 Å². The molecule has 6 heterocycles. The third-order valence-corrected chi connectivity index (χ3v) is 7.15. The molecule has 1 unspecified atom stereocenters. The van der Waals surface area contributed by atoms with Gasteiger partial charge in [-0.2, -0.15) is 0 Å². The number of likely N-dealkylation sites (N-methyl/N-ethyl adjacent to an activating group) is 2. The van der Waals surface area contributed by atoms with Crippen molar-refractivity contribution >= 4 is 27.9 Å². The number of hydrogen-bond acceptors (Lipinski definition) is 7. The van der Waals surface area contributed by atoms with E-state index in [0.29, 0.717) is 0 Å². The zero-order valence-electron chi connectivity index (χ0n) is 22.7. The fraction of sp³-hybridized carbons (Fsp3) is 0.226. The third kappa shape index (κ3) is 4.53. The minimum atomic E-state index is 0.145. The molecule has 1 atom stereocenters. The van der Waals surface area contributed by atoms with Crippen molar-refractivity contribution in [3.8, 4) is 11.3 Å². The number of rotatable bonds is 8. The summed E-state index contributed by atoms with van der Waals surface area (Å²) in [5, 5.41) is 6.98. The second-order valence-corrected chi connectivity index (χ2v) is 9.66. The minimum absolute atomic E-state index is 0.145. The Bertz CT molecular complexity index is 1660. The van der Waals surface area contributed by atoms with Gasteiger partial charge in [0.05, 0.1) is 34.5 Å². The van der Waals surface area contributed by atoms with Crippen LogP contribution in [0.1, 0.15) is 37.9 Å². The van der Waals surface area contributed by atoms with Gasteiger partial charge in [-0.3, -0.25) is 15.0 Å². The Labute approximate surface area is 228 Å². The Kier molecular flexibility index (Phi) is 6.54. The Balaban J connectivity index is 1.45. The highest BCUT2D eigenvalue weighted by molar-refractivity contribution is 5.97. The first-order valence-electron chi connectivity index (χ1n) is 13.3. The van der Waals surface area contributed by atoms with Crippen molar-refractivity contribution < 1.29 is 0 Å². The number of hydrogen-bond donors (Lipinski definition) is 3. The van der Waals surface area contributed by atoms with Gasteiger partial charge in [0.15, 0.2) is 0 Å². The van der Waals surface area contributed by atoms with Crippen molar-refractivity contribution in [3.63, 3.8) is 0 Å². The Morgan fingerprint density at radius 3 is 2.82 bits per heavy atom. The van der Waals surface area contributed by atoms with Crippen molar-refractivity contribution in [1.82, 2.24) is 35.6 Å². The summed E-state index contributed by atoms with van der Waals surface area (Å²) < 4.78 is 0. The summed E-state index contributed by atoms with van der Waals surface area (Å²) in [5.41, 5.74) is 11.1. The van der Waals surface area contributed by atoms with E-state index in [1.54, 1.807) is 6.20 Å². The number of aromatic amines is 1. The van der Waals surface area contributed by atoms with Crippen LogP contribution in [0, 0.1) is 0 Å². The van der Waals surface area contributed by atoms with E-state index in [1.807, 2.05) is 43.7 Å². The number of anilines is 1. The Morgan fingerprint density at radius 2 is 2.05 bits per heavy atom. The van der Waals surface area contributed by atoms with Crippen molar-refractivity contribution in [1.29, 1.82) is 0 Å².